The van der Waals surface area contributed by atoms with Gasteiger partial charge in [0.1, 0.15) is 0 Å². The summed E-state index contributed by atoms with van der Waals surface area (Å²) in [7, 11) is 0. The normalized spacial score (nSPS) is 12.0. The fraction of sp³-hybridized carbons (Fsp3) is 0.0476. The zero-order chi connectivity index (χ0) is 14.0. The van der Waals surface area contributed by atoms with Crippen LogP contribution >= 0.6 is 0 Å². The van der Waals surface area contributed by atoms with Crippen LogP contribution < -0.4 is 0 Å². The van der Waals surface area contributed by atoms with Crippen LogP contribution in [0.4, 0.5) is 0 Å². The molecule has 0 aliphatic carbocycles. The Morgan fingerprint density at radius 2 is 1.29 bits per heavy atom. The van der Waals surface area contributed by atoms with Gasteiger partial charge in [0.2, 0.25) is 0 Å². The SMILES string of the molecule is Cc1cc2cc3ccccc3c3ccc4cccc1c4c23. The molecule has 5 aromatic carbocycles. The first kappa shape index (κ1) is 11.1. The van der Waals surface area contributed by atoms with Gasteiger partial charge in [0.25, 0.3) is 0 Å². The summed E-state index contributed by atoms with van der Waals surface area (Å²) >= 11 is 0. The average molecular weight is 266 g/mol. The average Bonchev–Trinajstić information content (AvgIpc) is 2.53. The van der Waals surface area contributed by atoms with E-state index in [1.165, 1.54) is 48.7 Å². The zero-order valence-corrected chi connectivity index (χ0v) is 11.9. The van der Waals surface area contributed by atoms with E-state index in [4.69, 9.17) is 0 Å². The van der Waals surface area contributed by atoms with Gasteiger partial charge in [0.15, 0.2) is 0 Å². The van der Waals surface area contributed by atoms with E-state index in [1.807, 2.05) is 0 Å². The summed E-state index contributed by atoms with van der Waals surface area (Å²) in [5.74, 6) is 0. The lowest BCUT2D eigenvalue weighted by molar-refractivity contribution is 1.56. The Bertz CT molecular complexity index is 1130. The van der Waals surface area contributed by atoms with Crippen molar-refractivity contribution in [2.45, 2.75) is 6.92 Å². The van der Waals surface area contributed by atoms with E-state index < -0.39 is 0 Å². The smallest absolute Gasteiger partial charge is 0.00202 e. The number of hydrogen-bond donors (Lipinski definition) is 0. The highest BCUT2D eigenvalue weighted by molar-refractivity contribution is 6.29. The molecule has 0 aliphatic rings. The van der Waals surface area contributed by atoms with Crippen molar-refractivity contribution in [3.05, 3.63) is 72.3 Å². The van der Waals surface area contributed by atoms with E-state index >= 15 is 0 Å². The first-order chi connectivity index (χ1) is 10.3. The fourth-order valence-electron chi connectivity index (χ4n) is 3.76. The minimum absolute atomic E-state index is 1.32. The molecule has 98 valence electrons. The molecule has 0 saturated heterocycles. The van der Waals surface area contributed by atoms with Crippen molar-refractivity contribution in [3.8, 4) is 0 Å². The summed E-state index contributed by atoms with van der Waals surface area (Å²) < 4.78 is 0. The van der Waals surface area contributed by atoms with E-state index in [2.05, 4.69) is 73.7 Å². The lowest BCUT2D eigenvalue weighted by Gasteiger charge is -2.14. The maximum atomic E-state index is 2.33. The van der Waals surface area contributed by atoms with Gasteiger partial charge in [-0.05, 0) is 61.6 Å². The molecule has 0 saturated carbocycles. The van der Waals surface area contributed by atoms with Crippen molar-refractivity contribution < 1.29 is 0 Å². The van der Waals surface area contributed by atoms with E-state index in [-0.39, 0.29) is 0 Å². The van der Waals surface area contributed by atoms with Gasteiger partial charge in [-0.2, -0.15) is 0 Å². The molecule has 0 nitrogen and oxygen atoms in total. The Morgan fingerprint density at radius 1 is 0.524 bits per heavy atom. The van der Waals surface area contributed by atoms with Gasteiger partial charge >= 0.3 is 0 Å². The molecular weight excluding hydrogens is 252 g/mol. The van der Waals surface area contributed by atoms with E-state index in [0.29, 0.717) is 0 Å². The monoisotopic (exact) mass is 266 g/mol. The van der Waals surface area contributed by atoms with Gasteiger partial charge in [-0.1, -0.05) is 60.7 Å². The predicted molar refractivity (Wildman–Crippen MR) is 92.4 cm³/mol. The van der Waals surface area contributed by atoms with E-state index in [1.54, 1.807) is 0 Å². The van der Waals surface area contributed by atoms with Crippen LogP contribution in [0.2, 0.25) is 0 Å². The summed E-state index contributed by atoms with van der Waals surface area (Å²) in [5, 5.41) is 10.9. The topological polar surface area (TPSA) is 0 Å². The van der Waals surface area contributed by atoms with E-state index in [0.717, 1.165) is 0 Å². The second-order valence-corrected chi connectivity index (χ2v) is 5.91. The first-order valence-corrected chi connectivity index (χ1v) is 7.39. The molecule has 0 heterocycles. The Hall–Kier alpha value is -2.60. The Balaban J connectivity index is 2.24. The van der Waals surface area contributed by atoms with Gasteiger partial charge in [-0.3, -0.25) is 0 Å². The van der Waals surface area contributed by atoms with Crippen molar-refractivity contribution in [2.24, 2.45) is 0 Å². The van der Waals surface area contributed by atoms with Crippen molar-refractivity contribution in [1.29, 1.82) is 0 Å². The molecule has 0 atom stereocenters. The Morgan fingerprint density at radius 3 is 2.24 bits per heavy atom. The van der Waals surface area contributed by atoms with Crippen LogP contribution in [0.1, 0.15) is 5.56 Å². The zero-order valence-electron chi connectivity index (χ0n) is 11.9. The third-order valence-electron chi connectivity index (χ3n) is 4.69. The second kappa shape index (κ2) is 3.73. The maximum Gasteiger partial charge on any atom is -0.00202 e. The van der Waals surface area contributed by atoms with Crippen molar-refractivity contribution in [3.63, 3.8) is 0 Å². The summed E-state index contributed by atoms with van der Waals surface area (Å²) in [4.78, 5) is 0. The standard InChI is InChI=1S/C21H14/c1-13-11-16-12-15-5-2-3-7-18(15)19-10-9-14-6-4-8-17(13)20(14)21(16)19/h2-12H,1H3. The molecule has 0 N–H and O–H groups in total. The Labute approximate surface area is 123 Å². The molecule has 0 bridgehead atoms. The summed E-state index contributed by atoms with van der Waals surface area (Å²) in [6.45, 7) is 2.21. The van der Waals surface area contributed by atoms with E-state index in [9.17, 15) is 0 Å². The Kier molecular flexibility index (Phi) is 1.97. The van der Waals surface area contributed by atoms with Crippen LogP contribution in [-0.2, 0) is 0 Å². The number of benzene rings is 5. The molecule has 0 heteroatoms. The number of rotatable bonds is 0. The number of aryl methyl sites for hydroxylation is 1. The summed E-state index contributed by atoms with van der Waals surface area (Å²) in [6.07, 6.45) is 0. The molecule has 0 radical (unpaired) electrons. The van der Waals surface area contributed by atoms with Crippen molar-refractivity contribution >= 4 is 43.1 Å². The first-order valence-electron chi connectivity index (χ1n) is 7.39. The lowest BCUT2D eigenvalue weighted by atomic mass is 9.89. The van der Waals surface area contributed by atoms with Crippen molar-refractivity contribution in [2.75, 3.05) is 0 Å². The minimum Gasteiger partial charge on any atom is -0.0616 e. The van der Waals surface area contributed by atoms with Crippen LogP contribution in [0.5, 0.6) is 0 Å². The minimum atomic E-state index is 1.32. The fourth-order valence-corrected chi connectivity index (χ4v) is 3.76. The van der Waals surface area contributed by atoms with Gasteiger partial charge in [-0.25, -0.2) is 0 Å². The summed E-state index contributed by atoms with van der Waals surface area (Å²) in [5.41, 5.74) is 1.36. The van der Waals surface area contributed by atoms with Gasteiger partial charge in [0, 0.05) is 0 Å². The third-order valence-corrected chi connectivity index (χ3v) is 4.69. The largest absolute Gasteiger partial charge is 0.0616 e. The molecule has 5 aromatic rings. The van der Waals surface area contributed by atoms with Crippen LogP contribution in [0.25, 0.3) is 43.1 Å². The number of fused-ring (bicyclic) bond motifs is 2. The molecule has 21 heavy (non-hydrogen) atoms. The van der Waals surface area contributed by atoms with Gasteiger partial charge < -0.3 is 0 Å². The van der Waals surface area contributed by atoms with Gasteiger partial charge in [-0.15, -0.1) is 0 Å². The summed E-state index contributed by atoms with van der Waals surface area (Å²) in [6, 6.07) is 24.5. The molecule has 0 aliphatic heterocycles. The molecule has 0 amide bonds. The predicted octanol–water partition coefficient (Wildman–Crippen LogP) is 6.05. The van der Waals surface area contributed by atoms with Gasteiger partial charge in [0.05, 0.1) is 0 Å². The highest BCUT2D eigenvalue weighted by Gasteiger charge is 2.11. The van der Waals surface area contributed by atoms with Crippen LogP contribution in [0.3, 0.4) is 0 Å². The second-order valence-electron chi connectivity index (χ2n) is 5.91. The van der Waals surface area contributed by atoms with Crippen LogP contribution in [0, 0.1) is 6.92 Å². The molecule has 0 spiro atoms. The molecule has 0 unspecified atom stereocenters. The molecule has 0 aromatic heterocycles. The van der Waals surface area contributed by atoms with Crippen molar-refractivity contribution in [1.82, 2.24) is 0 Å². The van der Waals surface area contributed by atoms with Crippen LogP contribution in [0.15, 0.2) is 66.7 Å². The highest BCUT2D eigenvalue weighted by atomic mass is 14.1. The quantitative estimate of drug-likeness (QED) is 0.236. The molecule has 0 fully saturated rings. The third kappa shape index (κ3) is 1.34. The molecule has 5 rings (SSSR count). The lowest BCUT2D eigenvalue weighted by Crippen LogP contribution is -1.87. The molecular formula is C21H14. The van der Waals surface area contributed by atoms with Crippen LogP contribution in [-0.4, -0.2) is 0 Å². The highest BCUT2D eigenvalue weighted by Crippen LogP contribution is 2.39. The number of hydrogen-bond acceptors (Lipinski definition) is 0. The maximum absolute atomic E-state index is 2.33.